The van der Waals surface area contributed by atoms with Crippen LogP contribution in [-0.4, -0.2) is 56.8 Å². The fourth-order valence-corrected chi connectivity index (χ4v) is 3.68. The number of piperazine rings is 1. The fourth-order valence-electron chi connectivity index (χ4n) is 3.68. The van der Waals surface area contributed by atoms with E-state index in [1.165, 1.54) is 15.6 Å². The van der Waals surface area contributed by atoms with Crippen LogP contribution in [0.5, 0.6) is 5.75 Å². The number of rotatable bonds is 6. The minimum Gasteiger partial charge on any atom is -0.508 e. The summed E-state index contributed by atoms with van der Waals surface area (Å²) >= 11 is 0. The van der Waals surface area contributed by atoms with E-state index in [1.807, 2.05) is 43.3 Å². The topological polar surface area (TPSA) is 86.8 Å². The Morgan fingerprint density at radius 2 is 1.40 bits per heavy atom. The number of aliphatic hydroxyl groups is 1. The molecule has 4 rings (SSSR count). The minimum absolute atomic E-state index is 0.200. The van der Waals surface area contributed by atoms with E-state index in [0.29, 0.717) is 6.42 Å². The molecule has 0 bridgehead atoms. The van der Waals surface area contributed by atoms with Gasteiger partial charge in [0.1, 0.15) is 12.1 Å². The summed E-state index contributed by atoms with van der Waals surface area (Å²) in [6, 6.07) is 15.2. The van der Waals surface area contributed by atoms with Gasteiger partial charge in [-0.3, -0.25) is 0 Å². The second-order valence-corrected chi connectivity index (χ2v) is 7.53. The molecule has 0 amide bonds. The number of benzene rings is 2. The van der Waals surface area contributed by atoms with Crippen LogP contribution in [0.25, 0.3) is 5.69 Å². The second-order valence-electron chi connectivity index (χ2n) is 7.53. The molecule has 3 aromatic rings. The maximum absolute atomic E-state index is 12.5. The smallest absolute Gasteiger partial charge is 0.350 e. The maximum atomic E-state index is 12.5. The Hall–Kier alpha value is -3.26. The molecule has 8 nitrogen and oxygen atoms in total. The van der Waals surface area contributed by atoms with E-state index >= 15 is 0 Å². The first-order chi connectivity index (χ1) is 14.5. The van der Waals surface area contributed by atoms with Gasteiger partial charge in [0.2, 0.25) is 0 Å². The predicted molar refractivity (Wildman–Crippen MR) is 117 cm³/mol. The zero-order chi connectivity index (χ0) is 21.1. The molecule has 30 heavy (non-hydrogen) atoms. The van der Waals surface area contributed by atoms with Crippen LogP contribution in [0.15, 0.2) is 59.7 Å². The van der Waals surface area contributed by atoms with Crippen LogP contribution < -0.4 is 15.5 Å². The van der Waals surface area contributed by atoms with Crippen molar-refractivity contribution in [2.45, 2.75) is 26.0 Å². The van der Waals surface area contributed by atoms with Crippen LogP contribution in [0.2, 0.25) is 0 Å². The highest BCUT2D eigenvalue weighted by Crippen LogP contribution is 2.23. The SMILES string of the molecule is CCC(O)Cn1ncn(-c2ccc(N3CCN(c4ccc(O)cc4)CC3)cc2)c1=O. The van der Waals surface area contributed by atoms with Gasteiger partial charge in [0.25, 0.3) is 0 Å². The Labute approximate surface area is 175 Å². The monoisotopic (exact) mass is 409 g/mol. The molecule has 1 unspecified atom stereocenters. The lowest BCUT2D eigenvalue weighted by Crippen LogP contribution is -2.46. The highest BCUT2D eigenvalue weighted by Gasteiger charge is 2.18. The summed E-state index contributed by atoms with van der Waals surface area (Å²) in [5.74, 6) is 0.281. The zero-order valence-electron chi connectivity index (χ0n) is 17.1. The largest absolute Gasteiger partial charge is 0.508 e. The molecule has 2 N–H and O–H groups in total. The van der Waals surface area contributed by atoms with Crippen molar-refractivity contribution in [1.82, 2.24) is 14.3 Å². The first kappa shape index (κ1) is 20.0. The molecule has 0 spiro atoms. The van der Waals surface area contributed by atoms with E-state index in [2.05, 4.69) is 14.9 Å². The first-order valence-corrected chi connectivity index (χ1v) is 10.3. The Kier molecular flexibility index (Phi) is 5.76. The lowest BCUT2D eigenvalue weighted by Gasteiger charge is -2.37. The number of hydrogen-bond donors (Lipinski definition) is 2. The molecule has 1 saturated heterocycles. The second kappa shape index (κ2) is 8.62. The Morgan fingerprint density at radius 3 is 1.93 bits per heavy atom. The number of hydrogen-bond acceptors (Lipinski definition) is 6. The van der Waals surface area contributed by atoms with Gasteiger partial charge in [0.15, 0.2) is 0 Å². The zero-order valence-corrected chi connectivity index (χ0v) is 17.1. The number of phenols is 1. The van der Waals surface area contributed by atoms with Gasteiger partial charge >= 0.3 is 5.69 Å². The van der Waals surface area contributed by atoms with Crippen LogP contribution in [0.3, 0.4) is 0 Å². The van der Waals surface area contributed by atoms with Gasteiger partial charge in [-0.2, -0.15) is 5.10 Å². The maximum Gasteiger partial charge on any atom is 0.350 e. The molecule has 1 aliphatic heterocycles. The quantitative estimate of drug-likeness (QED) is 0.646. The predicted octanol–water partition coefficient (Wildman–Crippen LogP) is 1.84. The molecule has 0 radical (unpaired) electrons. The van der Waals surface area contributed by atoms with Crippen LogP contribution in [-0.2, 0) is 6.54 Å². The van der Waals surface area contributed by atoms with Crippen LogP contribution >= 0.6 is 0 Å². The molecular formula is C22H27N5O3. The summed E-state index contributed by atoms with van der Waals surface area (Å²) < 4.78 is 2.79. The Morgan fingerprint density at radius 1 is 0.900 bits per heavy atom. The van der Waals surface area contributed by atoms with Gasteiger partial charge in [-0.05, 0) is 55.0 Å². The van der Waals surface area contributed by atoms with Crippen molar-refractivity contribution in [3.8, 4) is 11.4 Å². The van der Waals surface area contributed by atoms with Crippen molar-refractivity contribution in [2.75, 3.05) is 36.0 Å². The molecule has 2 heterocycles. The molecule has 8 heteroatoms. The number of aromatic hydroxyl groups is 1. The van der Waals surface area contributed by atoms with E-state index < -0.39 is 6.10 Å². The molecule has 1 atom stereocenters. The van der Waals surface area contributed by atoms with Gasteiger partial charge in [-0.15, -0.1) is 0 Å². The molecule has 1 aliphatic rings. The molecule has 1 fully saturated rings. The van der Waals surface area contributed by atoms with Crippen molar-refractivity contribution < 1.29 is 10.2 Å². The average Bonchev–Trinajstić information content (AvgIpc) is 3.14. The van der Waals surface area contributed by atoms with E-state index in [-0.39, 0.29) is 18.0 Å². The van der Waals surface area contributed by atoms with Crippen molar-refractivity contribution >= 4 is 11.4 Å². The molecule has 0 saturated carbocycles. The molecule has 2 aromatic carbocycles. The standard InChI is InChI=1S/C22H27N5O3/c1-2-20(28)15-27-22(30)26(16-23-27)19-5-3-17(4-6-19)24-11-13-25(14-12-24)18-7-9-21(29)10-8-18/h3-10,16,20,28-29H,2,11-15H2,1H3. The van der Waals surface area contributed by atoms with Crippen LogP contribution in [0.1, 0.15) is 13.3 Å². The summed E-state index contributed by atoms with van der Waals surface area (Å²) in [5.41, 5.74) is 2.74. The molecule has 158 valence electrons. The third-order valence-corrected chi connectivity index (χ3v) is 5.58. The Balaban J connectivity index is 1.41. The van der Waals surface area contributed by atoms with Gasteiger partial charge in [0, 0.05) is 37.6 Å². The van der Waals surface area contributed by atoms with Crippen molar-refractivity contribution in [3.63, 3.8) is 0 Å². The number of phenolic OH excluding ortho intramolecular Hbond substituents is 1. The summed E-state index contributed by atoms with van der Waals surface area (Å²) in [6.45, 7) is 5.67. The normalized spacial score (nSPS) is 15.4. The summed E-state index contributed by atoms with van der Waals surface area (Å²) in [7, 11) is 0. The van der Waals surface area contributed by atoms with Crippen molar-refractivity contribution in [3.05, 3.63) is 65.3 Å². The number of anilines is 2. The summed E-state index contributed by atoms with van der Waals surface area (Å²) in [4.78, 5) is 17.2. The van der Waals surface area contributed by atoms with Crippen molar-refractivity contribution in [1.29, 1.82) is 0 Å². The summed E-state index contributed by atoms with van der Waals surface area (Å²) in [6.07, 6.45) is 1.50. The highest BCUT2D eigenvalue weighted by atomic mass is 16.3. The van der Waals surface area contributed by atoms with E-state index in [9.17, 15) is 15.0 Å². The van der Waals surface area contributed by atoms with Gasteiger partial charge in [0.05, 0.1) is 18.3 Å². The van der Waals surface area contributed by atoms with E-state index in [1.54, 1.807) is 12.1 Å². The number of aliphatic hydroxyl groups excluding tert-OH is 1. The average molecular weight is 409 g/mol. The first-order valence-electron chi connectivity index (χ1n) is 10.3. The van der Waals surface area contributed by atoms with Crippen molar-refractivity contribution in [2.24, 2.45) is 0 Å². The molecular weight excluding hydrogens is 382 g/mol. The highest BCUT2D eigenvalue weighted by molar-refractivity contribution is 5.54. The van der Waals surface area contributed by atoms with Crippen LogP contribution in [0, 0.1) is 0 Å². The van der Waals surface area contributed by atoms with E-state index in [4.69, 9.17) is 0 Å². The van der Waals surface area contributed by atoms with Gasteiger partial charge in [-0.25, -0.2) is 14.0 Å². The molecule has 0 aliphatic carbocycles. The third-order valence-electron chi connectivity index (χ3n) is 5.58. The van der Waals surface area contributed by atoms with E-state index in [0.717, 1.165) is 43.2 Å². The number of nitrogens with zero attached hydrogens (tertiary/aromatic N) is 5. The number of aromatic nitrogens is 3. The minimum atomic E-state index is -0.575. The summed E-state index contributed by atoms with van der Waals surface area (Å²) in [5, 5.41) is 23.3. The van der Waals surface area contributed by atoms with Gasteiger partial charge in [-0.1, -0.05) is 6.92 Å². The van der Waals surface area contributed by atoms with Crippen LogP contribution in [0.4, 0.5) is 11.4 Å². The molecule has 1 aromatic heterocycles. The van der Waals surface area contributed by atoms with Gasteiger partial charge < -0.3 is 20.0 Å². The lowest BCUT2D eigenvalue weighted by molar-refractivity contribution is 0.143. The lowest BCUT2D eigenvalue weighted by atomic mass is 10.2. The Bertz CT molecular complexity index is 1020. The third kappa shape index (κ3) is 4.18. The fraction of sp³-hybridized carbons (Fsp3) is 0.364.